The van der Waals surface area contributed by atoms with Crippen molar-refractivity contribution in [2.75, 3.05) is 0 Å². The monoisotopic (exact) mass is 226 g/mol. The Morgan fingerprint density at radius 2 is 1.71 bits per heavy atom. The highest BCUT2D eigenvalue weighted by molar-refractivity contribution is 5.36. The maximum atomic E-state index is 9.53. The molecule has 2 aliphatic carbocycles. The molecule has 0 amide bonds. The van der Waals surface area contributed by atoms with Gasteiger partial charge >= 0.3 is 0 Å². The quantitative estimate of drug-likeness (QED) is 0.733. The summed E-state index contributed by atoms with van der Waals surface area (Å²) in [7, 11) is 0. The number of hydrogen-bond donors (Lipinski definition) is 0. The smallest absolute Gasteiger partial charge is 0.0834 e. The molecule has 0 bridgehead atoms. The van der Waals surface area contributed by atoms with Gasteiger partial charge in [0.05, 0.1) is 11.5 Å². The fourth-order valence-electron chi connectivity index (χ4n) is 3.90. The van der Waals surface area contributed by atoms with Crippen LogP contribution >= 0.6 is 0 Å². The molecule has 2 heteroatoms. The second kappa shape index (κ2) is 3.84. The Morgan fingerprint density at radius 3 is 2.29 bits per heavy atom. The minimum atomic E-state index is -0.208. The van der Waals surface area contributed by atoms with E-state index in [2.05, 4.69) is 11.1 Å². The molecule has 1 spiro atoms. The first-order chi connectivity index (χ1) is 8.29. The summed E-state index contributed by atoms with van der Waals surface area (Å²) in [4.78, 5) is 4.05. The van der Waals surface area contributed by atoms with Gasteiger partial charge in [-0.2, -0.15) is 5.26 Å². The maximum absolute atomic E-state index is 9.53. The van der Waals surface area contributed by atoms with Crippen LogP contribution in [0.5, 0.6) is 0 Å². The van der Waals surface area contributed by atoms with E-state index in [-0.39, 0.29) is 5.41 Å². The Kier molecular flexibility index (Phi) is 2.43. The Morgan fingerprint density at radius 1 is 1.06 bits per heavy atom. The van der Waals surface area contributed by atoms with E-state index >= 15 is 0 Å². The van der Waals surface area contributed by atoms with Gasteiger partial charge in [-0.1, -0.05) is 19.3 Å². The van der Waals surface area contributed by atoms with Crippen molar-refractivity contribution in [2.45, 2.75) is 50.4 Å². The third-order valence-corrected chi connectivity index (χ3v) is 4.71. The minimum Gasteiger partial charge on any atom is -0.265 e. The third-order valence-electron chi connectivity index (χ3n) is 4.71. The standard InChI is InChI=1S/C15H18N2/c16-12-15(13-4-8-17-9-5-13)10-14(11-15)6-2-1-3-7-14/h4-5,8-9H,1-3,6-7,10-11H2. The minimum absolute atomic E-state index is 0.208. The van der Waals surface area contributed by atoms with Crippen molar-refractivity contribution < 1.29 is 0 Å². The van der Waals surface area contributed by atoms with Gasteiger partial charge in [0.2, 0.25) is 0 Å². The van der Waals surface area contributed by atoms with Gasteiger partial charge in [-0.05, 0) is 48.8 Å². The molecule has 1 heterocycles. The molecule has 0 atom stereocenters. The highest BCUT2D eigenvalue weighted by Crippen LogP contribution is 2.61. The molecule has 0 N–H and O–H groups in total. The van der Waals surface area contributed by atoms with Gasteiger partial charge in [-0.3, -0.25) is 4.98 Å². The molecule has 2 nitrogen and oxygen atoms in total. The van der Waals surface area contributed by atoms with Crippen LogP contribution in [-0.2, 0) is 5.41 Å². The normalized spacial score (nSPS) is 24.9. The predicted octanol–water partition coefficient (Wildman–Crippen LogP) is 3.59. The van der Waals surface area contributed by atoms with Crippen LogP contribution in [0.3, 0.4) is 0 Å². The largest absolute Gasteiger partial charge is 0.265 e. The van der Waals surface area contributed by atoms with Gasteiger partial charge in [0.15, 0.2) is 0 Å². The molecule has 2 fully saturated rings. The van der Waals surface area contributed by atoms with Crippen molar-refractivity contribution in [1.29, 1.82) is 5.26 Å². The molecule has 1 aromatic heterocycles. The first-order valence-corrected chi connectivity index (χ1v) is 6.61. The van der Waals surface area contributed by atoms with Crippen molar-refractivity contribution in [1.82, 2.24) is 4.98 Å². The fraction of sp³-hybridized carbons (Fsp3) is 0.600. The molecule has 0 unspecified atom stereocenters. The van der Waals surface area contributed by atoms with Crippen LogP contribution in [0.1, 0.15) is 50.5 Å². The van der Waals surface area contributed by atoms with E-state index in [9.17, 15) is 5.26 Å². The van der Waals surface area contributed by atoms with Gasteiger partial charge in [0, 0.05) is 12.4 Å². The first kappa shape index (κ1) is 10.8. The molecule has 3 rings (SSSR count). The summed E-state index contributed by atoms with van der Waals surface area (Å²) in [5, 5.41) is 9.53. The van der Waals surface area contributed by atoms with Crippen LogP contribution < -0.4 is 0 Å². The predicted molar refractivity (Wildman–Crippen MR) is 66.3 cm³/mol. The van der Waals surface area contributed by atoms with Crippen molar-refractivity contribution in [3.05, 3.63) is 30.1 Å². The molecule has 0 aromatic carbocycles. The van der Waals surface area contributed by atoms with Gasteiger partial charge in [0.25, 0.3) is 0 Å². The lowest BCUT2D eigenvalue weighted by molar-refractivity contribution is 0.0168. The molecule has 1 aromatic rings. The number of hydrogen-bond acceptors (Lipinski definition) is 2. The molecule has 2 saturated carbocycles. The van der Waals surface area contributed by atoms with Crippen LogP contribution in [0.4, 0.5) is 0 Å². The zero-order valence-corrected chi connectivity index (χ0v) is 10.2. The molecular formula is C15H18N2. The zero-order valence-electron chi connectivity index (χ0n) is 10.2. The van der Waals surface area contributed by atoms with E-state index in [0.29, 0.717) is 5.41 Å². The highest BCUT2D eigenvalue weighted by Gasteiger charge is 2.55. The van der Waals surface area contributed by atoms with Crippen LogP contribution in [0.25, 0.3) is 0 Å². The molecule has 2 aliphatic rings. The lowest BCUT2D eigenvalue weighted by Crippen LogP contribution is -2.49. The van der Waals surface area contributed by atoms with Crippen LogP contribution in [0.2, 0.25) is 0 Å². The summed E-state index contributed by atoms with van der Waals surface area (Å²) in [5.41, 5.74) is 1.46. The molecule has 0 radical (unpaired) electrons. The average molecular weight is 226 g/mol. The van der Waals surface area contributed by atoms with Crippen molar-refractivity contribution in [2.24, 2.45) is 5.41 Å². The Balaban J connectivity index is 1.82. The Bertz CT molecular complexity index is 430. The van der Waals surface area contributed by atoms with Crippen LogP contribution in [0.15, 0.2) is 24.5 Å². The van der Waals surface area contributed by atoms with Crippen molar-refractivity contribution >= 4 is 0 Å². The van der Waals surface area contributed by atoms with E-state index in [0.717, 1.165) is 12.8 Å². The average Bonchev–Trinajstić information content (AvgIpc) is 2.37. The van der Waals surface area contributed by atoms with E-state index < -0.39 is 0 Å². The highest BCUT2D eigenvalue weighted by atomic mass is 14.6. The lowest BCUT2D eigenvalue weighted by Gasteiger charge is -2.55. The number of pyridine rings is 1. The molecule has 0 aliphatic heterocycles. The van der Waals surface area contributed by atoms with E-state index in [1.54, 1.807) is 12.4 Å². The zero-order chi connectivity index (χ0) is 11.8. The fourth-order valence-corrected chi connectivity index (χ4v) is 3.90. The van der Waals surface area contributed by atoms with Gasteiger partial charge in [0.1, 0.15) is 0 Å². The number of rotatable bonds is 1. The van der Waals surface area contributed by atoms with Crippen LogP contribution in [0, 0.1) is 16.7 Å². The van der Waals surface area contributed by atoms with E-state index in [1.807, 2.05) is 12.1 Å². The molecule has 17 heavy (non-hydrogen) atoms. The summed E-state index contributed by atoms with van der Waals surface area (Å²) < 4.78 is 0. The topological polar surface area (TPSA) is 36.7 Å². The Hall–Kier alpha value is -1.36. The van der Waals surface area contributed by atoms with E-state index in [4.69, 9.17) is 0 Å². The number of aromatic nitrogens is 1. The summed E-state index contributed by atoms with van der Waals surface area (Å²) in [6.45, 7) is 0. The molecular weight excluding hydrogens is 208 g/mol. The van der Waals surface area contributed by atoms with Gasteiger partial charge in [-0.15, -0.1) is 0 Å². The number of nitrogens with zero attached hydrogens (tertiary/aromatic N) is 2. The van der Waals surface area contributed by atoms with Crippen molar-refractivity contribution in [3.63, 3.8) is 0 Å². The second-order valence-electron chi connectivity index (χ2n) is 5.84. The summed E-state index contributed by atoms with van der Waals surface area (Å²) in [5.74, 6) is 0. The summed E-state index contributed by atoms with van der Waals surface area (Å²) in [6, 6.07) is 6.60. The van der Waals surface area contributed by atoms with E-state index in [1.165, 1.54) is 37.7 Å². The SMILES string of the molecule is N#CC1(c2ccncc2)CC2(CCCCC2)C1. The van der Waals surface area contributed by atoms with Gasteiger partial charge in [-0.25, -0.2) is 0 Å². The second-order valence-corrected chi connectivity index (χ2v) is 5.84. The Labute approximate surface area is 103 Å². The maximum Gasteiger partial charge on any atom is 0.0834 e. The third kappa shape index (κ3) is 1.65. The first-order valence-electron chi connectivity index (χ1n) is 6.61. The van der Waals surface area contributed by atoms with Crippen LogP contribution in [-0.4, -0.2) is 4.98 Å². The van der Waals surface area contributed by atoms with Crippen molar-refractivity contribution in [3.8, 4) is 6.07 Å². The molecule has 0 saturated heterocycles. The van der Waals surface area contributed by atoms with Gasteiger partial charge < -0.3 is 0 Å². The summed E-state index contributed by atoms with van der Waals surface area (Å²) in [6.07, 6.45) is 12.5. The molecule has 88 valence electrons. The lowest BCUT2D eigenvalue weighted by atomic mass is 9.47. The summed E-state index contributed by atoms with van der Waals surface area (Å²) >= 11 is 0. The number of nitriles is 1.